The second kappa shape index (κ2) is 9.44. The van der Waals surface area contributed by atoms with E-state index in [0.29, 0.717) is 19.5 Å². The lowest BCUT2D eigenvalue weighted by Gasteiger charge is -2.31. The molecule has 2 atom stereocenters. The maximum absolute atomic E-state index is 12.4. The topological polar surface area (TPSA) is 84.9 Å². The van der Waals surface area contributed by atoms with Gasteiger partial charge >= 0.3 is 12.1 Å². The predicted molar refractivity (Wildman–Crippen MR) is 93.9 cm³/mol. The molecule has 0 saturated carbocycles. The summed E-state index contributed by atoms with van der Waals surface area (Å²) in [6.07, 6.45) is 3.28. The number of methoxy groups -OCH3 is 1. The van der Waals surface area contributed by atoms with Crippen molar-refractivity contribution in [2.45, 2.75) is 58.1 Å². The van der Waals surface area contributed by atoms with E-state index in [9.17, 15) is 14.4 Å². The van der Waals surface area contributed by atoms with Gasteiger partial charge in [-0.05, 0) is 40.0 Å². The molecule has 1 N–H and O–H groups in total. The van der Waals surface area contributed by atoms with Gasteiger partial charge in [0.2, 0.25) is 5.91 Å². The van der Waals surface area contributed by atoms with Gasteiger partial charge in [0.15, 0.2) is 0 Å². The lowest BCUT2D eigenvalue weighted by Crippen LogP contribution is -2.43. The number of likely N-dealkylation sites (tertiary alicyclic amines) is 1. The number of carbonyl (C=O) groups excluding carboxylic acids is 3. The number of amides is 2. The van der Waals surface area contributed by atoms with Crippen LogP contribution >= 0.6 is 0 Å². The van der Waals surface area contributed by atoms with Crippen molar-refractivity contribution < 1.29 is 23.9 Å². The molecule has 0 aromatic carbocycles. The summed E-state index contributed by atoms with van der Waals surface area (Å²) < 4.78 is 9.97. The molecule has 2 amide bonds. The van der Waals surface area contributed by atoms with Crippen molar-refractivity contribution in [3.8, 4) is 0 Å². The van der Waals surface area contributed by atoms with E-state index < -0.39 is 11.7 Å². The van der Waals surface area contributed by atoms with Gasteiger partial charge in [-0.2, -0.15) is 0 Å². The maximum atomic E-state index is 12.4. The first kappa shape index (κ1) is 21.0. The summed E-state index contributed by atoms with van der Waals surface area (Å²) in [5.74, 6) is -0.558. The van der Waals surface area contributed by atoms with E-state index in [1.165, 1.54) is 7.11 Å². The second-order valence-corrected chi connectivity index (χ2v) is 7.23. The van der Waals surface area contributed by atoms with E-state index >= 15 is 0 Å². The number of carbonyl (C=O) groups is 3. The van der Waals surface area contributed by atoms with Crippen LogP contribution in [0, 0.1) is 5.92 Å². The molecular weight excluding hydrogens is 324 g/mol. The number of nitrogens with zero attached hydrogens (tertiary/aromatic N) is 1. The Labute approximate surface area is 149 Å². The van der Waals surface area contributed by atoms with Crippen LogP contribution in [0.25, 0.3) is 0 Å². The number of piperidine rings is 1. The van der Waals surface area contributed by atoms with Crippen LogP contribution in [0.15, 0.2) is 12.7 Å². The van der Waals surface area contributed by atoms with Crippen LogP contribution in [0.2, 0.25) is 0 Å². The van der Waals surface area contributed by atoms with Gasteiger partial charge in [0, 0.05) is 19.5 Å². The minimum atomic E-state index is -0.581. The average Bonchev–Trinajstić information content (AvgIpc) is 2.55. The quantitative estimate of drug-likeness (QED) is 0.584. The molecule has 2 unspecified atom stereocenters. The van der Waals surface area contributed by atoms with Crippen LogP contribution in [0.1, 0.15) is 46.5 Å². The SMILES string of the molecule is C=CC(CCC(=O)N1CCCC(C(=O)OC)C1)NC(=O)OC(C)(C)C. The van der Waals surface area contributed by atoms with Gasteiger partial charge in [-0.1, -0.05) is 6.08 Å². The van der Waals surface area contributed by atoms with Crippen LogP contribution in [-0.2, 0) is 19.1 Å². The Balaban J connectivity index is 2.46. The van der Waals surface area contributed by atoms with Crippen molar-refractivity contribution in [2.75, 3.05) is 20.2 Å². The highest BCUT2D eigenvalue weighted by Crippen LogP contribution is 2.19. The van der Waals surface area contributed by atoms with E-state index in [4.69, 9.17) is 9.47 Å². The molecule has 1 aliphatic rings. The first-order chi connectivity index (χ1) is 11.7. The number of rotatable bonds is 6. The first-order valence-corrected chi connectivity index (χ1v) is 8.64. The summed E-state index contributed by atoms with van der Waals surface area (Å²) in [6, 6.07) is -0.347. The normalized spacial score (nSPS) is 18.9. The third kappa shape index (κ3) is 7.58. The van der Waals surface area contributed by atoms with Gasteiger partial charge in [0.25, 0.3) is 0 Å². The highest BCUT2D eigenvalue weighted by Gasteiger charge is 2.29. The van der Waals surface area contributed by atoms with Gasteiger partial charge in [-0.15, -0.1) is 6.58 Å². The van der Waals surface area contributed by atoms with Gasteiger partial charge < -0.3 is 19.7 Å². The lowest BCUT2D eigenvalue weighted by molar-refractivity contribution is -0.149. The molecule has 0 aromatic rings. The molecule has 0 aromatic heterocycles. The molecule has 0 bridgehead atoms. The fraction of sp³-hybridized carbons (Fsp3) is 0.722. The summed E-state index contributed by atoms with van der Waals surface area (Å²) in [5.41, 5.74) is -0.581. The van der Waals surface area contributed by atoms with Gasteiger partial charge in [0.1, 0.15) is 5.60 Å². The molecule has 0 spiro atoms. The molecule has 1 aliphatic heterocycles. The Morgan fingerprint density at radius 1 is 1.36 bits per heavy atom. The maximum Gasteiger partial charge on any atom is 0.408 e. The number of ether oxygens (including phenoxy) is 2. The van der Waals surface area contributed by atoms with Crippen molar-refractivity contribution in [3.63, 3.8) is 0 Å². The average molecular weight is 354 g/mol. The summed E-state index contributed by atoms with van der Waals surface area (Å²) in [4.78, 5) is 37.5. The zero-order valence-corrected chi connectivity index (χ0v) is 15.7. The lowest BCUT2D eigenvalue weighted by atomic mass is 9.97. The summed E-state index contributed by atoms with van der Waals surface area (Å²) in [6.45, 7) is 10.1. The first-order valence-electron chi connectivity index (χ1n) is 8.64. The molecule has 1 rings (SSSR count). The fourth-order valence-corrected chi connectivity index (χ4v) is 2.71. The van der Waals surface area contributed by atoms with Crippen molar-refractivity contribution in [1.29, 1.82) is 0 Å². The molecular formula is C18H30N2O5. The Bertz CT molecular complexity index is 498. The van der Waals surface area contributed by atoms with Gasteiger partial charge in [-0.25, -0.2) is 4.79 Å². The zero-order chi connectivity index (χ0) is 19.0. The fourth-order valence-electron chi connectivity index (χ4n) is 2.71. The van der Waals surface area contributed by atoms with Crippen LogP contribution in [0.4, 0.5) is 4.79 Å². The number of hydrogen-bond donors (Lipinski definition) is 1. The molecule has 7 heteroatoms. The Morgan fingerprint density at radius 3 is 2.60 bits per heavy atom. The predicted octanol–water partition coefficient (Wildman–Crippen LogP) is 2.26. The van der Waals surface area contributed by atoms with Crippen LogP contribution in [0.3, 0.4) is 0 Å². The van der Waals surface area contributed by atoms with Crippen LogP contribution in [-0.4, -0.2) is 54.7 Å². The van der Waals surface area contributed by atoms with Crippen molar-refractivity contribution in [1.82, 2.24) is 10.2 Å². The van der Waals surface area contributed by atoms with Gasteiger partial charge in [-0.3, -0.25) is 9.59 Å². The second-order valence-electron chi connectivity index (χ2n) is 7.23. The molecule has 0 aliphatic carbocycles. The summed E-state index contributed by atoms with van der Waals surface area (Å²) in [7, 11) is 1.36. The van der Waals surface area contributed by atoms with E-state index in [0.717, 1.165) is 12.8 Å². The van der Waals surface area contributed by atoms with Crippen LogP contribution < -0.4 is 5.32 Å². The Morgan fingerprint density at radius 2 is 2.04 bits per heavy atom. The Kier molecular flexibility index (Phi) is 7.93. The minimum absolute atomic E-state index is 0.0357. The minimum Gasteiger partial charge on any atom is -0.469 e. The zero-order valence-electron chi connectivity index (χ0n) is 15.7. The smallest absolute Gasteiger partial charge is 0.408 e. The highest BCUT2D eigenvalue weighted by molar-refractivity contribution is 5.78. The number of hydrogen-bond acceptors (Lipinski definition) is 5. The van der Waals surface area contributed by atoms with Crippen molar-refractivity contribution >= 4 is 18.0 Å². The Hall–Kier alpha value is -2.05. The summed E-state index contributed by atoms with van der Waals surface area (Å²) in [5, 5.41) is 2.69. The number of esters is 1. The third-order valence-electron chi connectivity index (χ3n) is 3.96. The molecule has 1 saturated heterocycles. The molecule has 142 valence electrons. The summed E-state index contributed by atoms with van der Waals surface area (Å²) >= 11 is 0. The van der Waals surface area contributed by atoms with Crippen LogP contribution in [0.5, 0.6) is 0 Å². The highest BCUT2D eigenvalue weighted by atomic mass is 16.6. The monoisotopic (exact) mass is 354 g/mol. The van der Waals surface area contributed by atoms with Crippen molar-refractivity contribution in [3.05, 3.63) is 12.7 Å². The number of alkyl carbamates (subject to hydrolysis) is 1. The van der Waals surface area contributed by atoms with Gasteiger partial charge in [0.05, 0.1) is 19.1 Å². The van der Waals surface area contributed by atoms with Crippen molar-refractivity contribution in [2.24, 2.45) is 5.92 Å². The van der Waals surface area contributed by atoms with E-state index in [2.05, 4.69) is 11.9 Å². The molecule has 0 radical (unpaired) electrons. The standard InChI is InChI=1S/C18H30N2O5/c1-6-14(19-17(23)25-18(2,3)4)9-10-15(21)20-11-7-8-13(12-20)16(22)24-5/h6,13-14H,1,7-12H2,2-5H3,(H,19,23). The van der Waals surface area contributed by atoms with E-state index in [1.54, 1.807) is 31.7 Å². The molecule has 7 nitrogen and oxygen atoms in total. The third-order valence-corrected chi connectivity index (χ3v) is 3.96. The van der Waals surface area contributed by atoms with E-state index in [1.807, 2.05) is 0 Å². The molecule has 25 heavy (non-hydrogen) atoms. The number of nitrogens with one attached hydrogen (secondary N) is 1. The largest absolute Gasteiger partial charge is 0.469 e. The van der Waals surface area contributed by atoms with E-state index in [-0.39, 0.29) is 30.3 Å². The molecule has 1 fully saturated rings. The molecule has 1 heterocycles.